The number of rotatable bonds is 12. The van der Waals surface area contributed by atoms with Gasteiger partial charge in [-0.25, -0.2) is 28.0 Å². The quantitative estimate of drug-likeness (QED) is 0.220. The minimum atomic E-state index is -3.33. The van der Waals surface area contributed by atoms with E-state index < -0.39 is 74.4 Å². The number of nitrogens with zero attached hydrogens (tertiary/aromatic N) is 3. The normalized spacial score (nSPS) is 21.9. The SMILES string of the molecule is C=C[C@H]1CC1(NC(=O)[C@@H]1C[C@@H](Oc2cc(-c3csc(CS(C)(=O)=O)n3)nc3cc(OC)ccc23)CN1C(=O)[C@@H](NC(=O)OC(C)(C)C)C(C)(C)C)C(=O)O. The van der Waals surface area contributed by atoms with E-state index in [1.807, 2.05) is 0 Å². The Morgan fingerprint density at radius 1 is 1.13 bits per heavy atom. The summed E-state index contributed by atoms with van der Waals surface area (Å²) in [7, 11) is -1.81. The largest absolute Gasteiger partial charge is 0.497 e. The zero-order chi connectivity index (χ0) is 40.0. The topological polar surface area (TPSA) is 203 Å². The molecule has 3 N–H and O–H groups in total. The van der Waals surface area contributed by atoms with Crippen LogP contribution in [0.5, 0.6) is 11.5 Å². The predicted octanol–water partition coefficient (Wildman–Crippen LogP) is 4.34. The van der Waals surface area contributed by atoms with Gasteiger partial charge in [-0.3, -0.25) is 9.59 Å². The van der Waals surface area contributed by atoms with E-state index in [1.165, 1.54) is 29.4 Å². The van der Waals surface area contributed by atoms with E-state index in [2.05, 4.69) is 22.2 Å². The number of amides is 3. The third kappa shape index (κ3) is 9.12. The zero-order valence-corrected chi connectivity index (χ0v) is 33.2. The number of carbonyl (C=O) groups excluding carboxylic acids is 3. The van der Waals surface area contributed by atoms with Gasteiger partial charge in [-0.1, -0.05) is 26.8 Å². The molecule has 2 aliphatic rings. The summed E-state index contributed by atoms with van der Waals surface area (Å²) in [4.78, 5) is 64.4. The first-order chi connectivity index (χ1) is 25.0. The number of aromatic nitrogens is 2. The number of carbonyl (C=O) groups is 4. The number of aliphatic carboxylic acids is 1. The number of carboxylic acid groups (broad SMARTS) is 1. The Kier molecular flexibility index (Phi) is 11.1. The molecule has 54 heavy (non-hydrogen) atoms. The third-order valence-corrected chi connectivity index (χ3v) is 11.0. The van der Waals surface area contributed by atoms with Crippen molar-refractivity contribution >= 4 is 56.0 Å². The lowest BCUT2D eigenvalue weighted by atomic mass is 9.85. The van der Waals surface area contributed by atoms with Crippen LogP contribution in [0.15, 0.2) is 42.3 Å². The fourth-order valence-electron chi connectivity index (χ4n) is 6.36. The maximum absolute atomic E-state index is 14.5. The molecule has 0 spiro atoms. The van der Waals surface area contributed by atoms with Crippen LogP contribution in [-0.4, -0.2) is 102 Å². The van der Waals surface area contributed by atoms with Crippen molar-refractivity contribution in [3.05, 3.63) is 47.3 Å². The number of ether oxygens (including phenoxy) is 3. The zero-order valence-electron chi connectivity index (χ0n) is 31.6. The summed E-state index contributed by atoms with van der Waals surface area (Å²) in [6.45, 7) is 14.0. The lowest BCUT2D eigenvalue weighted by Crippen LogP contribution is -2.59. The number of methoxy groups -OCH3 is 1. The molecule has 1 aliphatic carbocycles. The number of sulfone groups is 1. The van der Waals surface area contributed by atoms with Crippen LogP contribution in [0.25, 0.3) is 22.3 Å². The molecular formula is C37H47N5O10S2. The molecule has 5 atom stereocenters. The van der Waals surface area contributed by atoms with Crippen LogP contribution in [0, 0.1) is 11.3 Å². The van der Waals surface area contributed by atoms with Crippen molar-refractivity contribution in [2.24, 2.45) is 11.3 Å². The Morgan fingerprint density at radius 3 is 2.41 bits per heavy atom. The van der Waals surface area contributed by atoms with E-state index in [-0.39, 0.29) is 25.1 Å². The molecule has 2 aromatic heterocycles. The van der Waals surface area contributed by atoms with Crippen molar-refractivity contribution in [1.29, 1.82) is 0 Å². The summed E-state index contributed by atoms with van der Waals surface area (Å²) in [5.41, 5.74) is -1.92. The monoisotopic (exact) mass is 785 g/mol. The number of benzene rings is 1. The molecule has 292 valence electrons. The fraction of sp³-hybridized carbons (Fsp3) is 0.514. The number of nitrogens with one attached hydrogen (secondary N) is 2. The Balaban J connectivity index is 1.52. The molecule has 3 amide bonds. The fourth-order valence-corrected chi connectivity index (χ4v) is 8.36. The standard InChI is InChI=1S/C37H47N5O10S2/c1-10-20-16-37(20,33(45)46)41-31(43)27-14-22(17-42(27)32(44)30(35(2,3)4)40-34(47)52-36(5,6)7)51-28-15-25(26-18-53-29(39-26)19-54(9,48)49)38-24-13-21(50-8)11-12-23(24)28/h10-13,15,18,20,22,27,30H,1,14,16-17,19H2,2-9H3,(H,40,47)(H,41,43)(H,45,46)/t20-,22+,27-,30+,37?/m0/s1. The molecule has 15 nitrogen and oxygen atoms in total. The first kappa shape index (κ1) is 40.4. The summed E-state index contributed by atoms with van der Waals surface area (Å²) in [6.07, 6.45) is 1.16. The number of hydrogen-bond acceptors (Lipinski definition) is 12. The van der Waals surface area contributed by atoms with E-state index in [1.54, 1.807) is 71.2 Å². The van der Waals surface area contributed by atoms with Crippen molar-refractivity contribution in [2.45, 2.75) is 89.5 Å². The van der Waals surface area contributed by atoms with Crippen LogP contribution in [0.2, 0.25) is 0 Å². The number of likely N-dealkylation sites (tertiary alicyclic amines) is 1. The van der Waals surface area contributed by atoms with E-state index >= 15 is 0 Å². The molecule has 3 heterocycles. The van der Waals surface area contributed by atoms with Crippen molar-refractivity contribution in [3.8, 4) is 22.9 Å². The lowest BCUT2D eigenvalue weighted by molar-refractivity contribution is -0.146. The highest BCUT2D eigenvalue weighted by molar-refractivity contribution is 7.90. The maximum atomic E-state index is 14.5. The van der Waals surface area contributed by atoms with E-state index in [9.17, 15) is 32.7 Å². The Hall–Kier alpha value is -4.77. The van der Waals surface area contributed by atoms with Crippen molar-refractivity contribution in [1.82, 2.24) is 25.5 Å². The van der Waals surface area contributed by atoms with Gasteiger partial charge >= 0.3 is 12.1 Å². The number of alkyl carbamates (subject to hydrolysis) is 1. The molecular weight excluding hydrogens is 739 g/mol. The van der Waals surface area contributed by atoms with Crippen LogP contribution in [0.1, 0.15) is 59.4 Å². The van der Waals surface area contributed by atoms with Crippen LogP contribution in [0.3, 0.4) is 0 Å². The summed E-state index contributed by atoms with van der Waals surface area (Å²) >= 11 is 1.18. The van der Waals surface area contributed by atoms with Crippen LogP contribution < -0.4 is 20.1 Å². The van der Waals surface area contributed by atoms with Gasteiger partial charge in [-0.05, 0) is 44.7 Å². The molecule has 1 saturated heterocycles. The average molecular weight is 786 g/mol. The summed E-state index contributed by atoms with van der Waals surface area (Å²) in [5, 5.41) is 18.1. The highest BCUT2D eigenvalue weighted by atomic mass is 32.2. The van der Waals surface area contributed by atoms with Gasteiger partial charge in [0, 0.05) is 41.5 Å². The predicted molar refractivity (Wildman–Crippen MR) is 202 cm³/mol. The second kappa shape index (κ2) is 14.8. The Labute approximate surface area is 318 Å². The second-order valence-electron chi connectivity index (χ2n) is 15.8. The molecule has 1 unspecified atom stereocenters. The van der Waals surface area contributed by atoms with Gasteiger partial charge in [0.05, 0.1) is 24.9 Å². The van der Waals surface area contributed by atoms with Crippen molar-refractivity contribution in [2.75, 3.05) is 19.9 Å². The first-order valence-corrected chi connectivity index (χ1v) is 20.2. The number of fused-ring (bicyclic) bond motifs is 1. The highest BCUT2D eigenvalue weighted by Crippen LogP contribution is 2.45. The third-order valence-electron chi connectivity index (χ3n) is 9.12. The highest BCUT2D eigenvalue weighted by Gasteiger charge is 2.61. The summed E-state index contributed by atoms with van der Waals surface area (Å²) in [5.74, 6) is -2.31. The van der Waals surface area contributed by atoms with E-state index in [0.717, 1.165) is 6.26 Å². The van der Waals surface area contributed by atoms with Gasteiger partial charge in [-0.2, -0.15) is 0 Å². The van der Waals surface area contributed by atoms with Crippen LogP contribution >= 0.6 is 11.3 Å². The number of thiazole rings is 1. The van der Waals surface area contributed by atoms with Crippen LogP contribution in [0.4, 0.5) is 4.79 Å². The first-order valence-electron chi connectivity index (χ1n) is 17.3. The second-order valence-corrected chi connectivity index (χ2v) is 18.9. The lowest BCUT2D eigenvalue weighted by Gasteiger charge is -2.35. The summed E-state index contributed by atoms with van der Waals surface area (Å²) < 4.78 is 41.4. The average Bonchev–Trinajstić information content (AvgIpc) is 3.34. The molecule has 3 aromatic rings. The number of carboxylic acids is 1. The molecule has 0 radical (unpaired) electrons. The molecule has 1 saturated carbocycles. The van der Waals surface area contributed by atoms with E-state index in [4.69, 9.17) is 19.2 Å². The number of hydrogen-bond donors (Lipinski definition) is 3. The maximum Gasteiger partial charge on any atom is 0.408 e. The van der Waals surface area contributed by atoms with Gasteiger partial charge in [0.2, 0.25) is 11.8 Å². The minimum absolute atomic E-state index is 0.0140. The molecule has 5 rings (SSSR count). The van der Waals surface area contributed by atoms with Gasteiger partial charge in [-0.15, -0.1) is 17.9 Å². The van der Waals surface area contributed by atoms with Gasteiger partial charge in [0.25, 0.3) is 0 Å². The molecule has 0 bridgehead atoms. The molecule has 1 aliphatic heterocycles. The molecule has 2 fully saturated rings. The minimum Gasteiger partial charge on any atom is -0.497 e. The molecule has 17 heteroatoms. The van der Waals surface area contributed by atoms with Crippen molar-refractivity contribution in [3.63, 3.8) is 0 Å². The van der Waals surface area contributed by atoms with Gasteiger partial charge < -0.3 is 34.9 Å². The molecule has 1 aromatic carbocycles. The van der Waals surface area contributed by atoms with Crippen molar-refractivity contribution < 1.29 is 46.9 Å². The smallest absolute Gasteiger partial charge is 0.408 e. The van der Waals surface area contributed by atoms with E-state index in [0.29, 0.717) is 38.8 Å². The summed E-state index contributed by atoms with van der Waals surface area (Å²) in [6, 6.07) is 4.57. The Morgan fingerprint density at radius 2 is 1.83 bits per heavy atom. The van der Waals surface area contributed by atoms with Gasteiger partial charge in [0.15, 0.2) is 9.84 Å². The number of pyridine rings is 1. The van der Waals surface area contributed by atoms with Crippen LogP contribution in [-0.2, 0) is 34.7 Å². The van der Waals surface area contributed by atoms with Gasteiger partial charge in [0.1, 0.15) is 57.3 Å². The Bertz CT molecular complexity index is 2090.